The third-order valence-corrected chi connectivity index (χ3v) is 14.0. The minimum atomic E-state index is -2.28. The fourth-order valence-corrected chi connectivity index (χ4v) is 9.48. The summed E-state index contributed by atoms with van der Waals surface area (Å²) in [6.07, 6.45) is 12.2. The summed E-state index contributed by atoms with van der Waals surface area (Å²) in [4.78, 5) is 70.2. The molecule has 2 heterocycles. The Bertz CT molecular complexity index is 1710. The molecule has 0 aromatic carbocycles. The van der Waals surface area contributed by atoms with Crippen molar-refractivity contribution in [1.29, 1.82) is 0 Å². The highest BCUT2D eigenvalue weighted by Crippen LogP contribution is 2.35. The van der Waals surface area contributed by atoms with Gasteiger partial charge >= 0.3 is 5.97 Å². The Kier molecular flexibility index (Phi) is 23.1. The molecule has 65 heavy (non-hydrogen) atoms. The molecule has 3 rings (SSSR count). The number of carbonyl (C=O) groups excluding carboxylic acids is 5. The maximum Gasteiger partial charge on any atom is 0.329 e. The summed E-state index contributed by atoms with van der Waals surface area (Å²) in [5.41, 5.74) is 1.25. The number of hydrogen-bond donors (Lipinski definition) is 4. The third kappa shape index (κ3) is 15.9. The molecular formula is C51H81NO13. The van der Waals surface area contributed by atoms with Gasteiger partial charge in [-0.25, -0.2) is 4.79 Å². The van der Waals surface area contributed by atoms with Crippen molar-refractivity contribution in [2.45, 2.75) is 181 Å². The lowest BCUT2D eigenvalue weighted by Crippen LogP contribution is -2.59. The molecule has 0 bridgehead atoms. The van der Waals surface area contributed by atoms with Gasteiger partial charge in [0.05, 0.1) is 24.9 Å². The summed E-state index contributed by atoms with van der Waals surface area (Å²) in [5, 5.41) is 42.9. The Morgan fingerprint density at radius 3 is 2.28 bits per heavy atom. The number of amides is 1. The molecule has 14 atom stereocenters. The van der Waals surface area contributed by atoms with E-state index in [2.05, 4.69) is 0 Å². The largest absolute Gasteiger partial charge is 0.460 e. The van der Waals surface area contributed by atoms with Crippen LogP contribution in [-0.2, 0) is 42.9 Å². The van der Waals surface area contributed by atoms with Gasteiger partial charge in [0.2, 0.25) is 5.79 Å². The van der Waals surface area contributed by atoms with Crippen LogP contribution in [0.4, 0.5) is 0 Å². The molecule has 1 aliphatic carbocycles. The number of hydrogen-bond acceptors (Lipinski definition) is 13. The first kappa shape index (κ1) is 56.0. The van der Waals surface area contributed by atoms with Crippen molar-refractivity contribution in [2.24, 2.45) is 35.5 Å². The van der Waals surface area contributed by atoms with Gasteiger partial charge in [0.1, 0.15) is 30.1 Å². The highest BCUT2D eigenvalue weighted by Gasteiger charge is 2.51. The number of methoxy groups -OCH3 is 2. The van der Waals surface area contributed by atoms with E-state index in [0.29, 0.717) is 63.4 Å². The second kappa shape index (κ2) is 26.8. The molecule has 14 nitrogen and oxygen atoms in total. The van der Waals surface area contributed by atoms with Crippen molar-refractivity contribution in [3.05, 3.63) is 47.6 Å². The van der Waals surface area contributed by atoms with Crippen molar-refractivity contribution in [3.8, 4) is 0 Å². The van der Waals surface area contributed by atoms with E-state index in [0.717, 1.165) is 12.0 Å². The molecule has 0 aromatic heterocycles. The number of rotatable bonds is 24. The fourth-order valence-electron chi connectivity index (χ4n) is 9.48. The summed E-state index contributed by atoms with van der Waals surface area (Å²) < 4.78 is 22.7. The third-order valence-electron chi connectivity index (χ3n) is 14.0. The average molecular weight is 916 g/mol. The Morgan fingerprint density at radius 1 is 0.923 bits per heavy atom. The van der Waals surface area contributed by atoms with Gasteiger partial charge in [-0.3, -0.25) is 19.2 Å². The van der Waals surface area contributed by atoms with E-state index in [1.54, 1.807) is 40.9 Å². The van der Waals surface area contributed by atoms with E-state index in [1.807, 2.05) is 58.1 Å². The minimum absolute atomic E-state index is 0.0428. The van der Waals surface area contributed by atoms with Crippen LogP contribution in [0.5, 0.6) is 0 Å². The van der Waals surface area contributed by atoms with Gasteiger partial charge < -0.3 is 44.3 Å². The van der Waals surface area contributed by atoms with Crippen LogP contribution >= 0.6 is 0 Å². The van der Waals surface area contributed by atoms with E-state index >= 15 is 0 Å². The number of nitrogens with zero attached hydrogens (tertiary/aromatic N) is 1. The average Bonchev–Trinajstić information content (AvgIpc) is 3.29. The standard InChI is InChI=1S/C51H81NO13/c1-11-40(53)32(3)19-14-12-13-18-31(2)26-35(6)45(56)47(63-10)46(57)36(7)27-33(4)42(55)30-43(34(5)28-38-22-23-41(54)44(29-38)62-9)65-50(60)39-21-15-16-24-52(39)49(59)48(58)51(61)37(8)20-17-25-64-51/h12-14,18-19,27,31,33-35,37-41,43-44,46-47,53-54,57,61H,11,15-17,20-26,28-30H2,1-10H3/b14-12+,18-13+,32-19+,36-27+/t31-,33-,34-,35-,37-,38+,39+,40+,41-,43+,44-,46-,47+,51-/m1/s1. The van der Waals surface area contributed by atoms with Crippen LogP contribution in [0.15, 0.2) is 47.6 Å². The summed E-state index contributed by atoms with van der Waals surface area (Å²) in [5.74, 6) is -7.67. The van der Waals surface area contributed by atoms with Gasteiger partial charge in [-0.1, -0.05) is 78.0 Å². The van der Waals surface area contributed by atoms with Crippen LogP contribution in [0.25, 0.3) is 0 Å². The molecule has 0 spiro atoms. The summed E-state index contributed by atoms with van der Waals surface area (Å²) in [6, 6.07) is -1.11. The molecule has 4 N–H and O–H groups in total. The lowest BCUT2D eigenvalue weighted by Gasteiger charge is -2.40. The van der Waals surface area contributed by atoms with Crippen LogP contribution in [0.3, 0.4) is 0 Å². The van der Waals surface area contributed by atoms with E-state index in [1.165, 1.54) is 12.0 Å². The zero-order chi connectivity index (χ0) is 48.6. The number of aliphatic hydroxyl groups is 4. The molecule has 14 heteroatoms. The lowest BCUT2D eigenvalue weighted by molar-refractivity contribution is -0.241. The molecule has 1 saturated carbocycles. The van der Waals surface area contributed by atoms with E-state index in [4.69, 9.17) is 18.9 Å². The van der Waals surface area contributed by atoms with Crippen molar-refractivity contribution in [2.75, 3.05) is 27.4 Å². The van der Waals surface area contributed by atoms with Gasteiger partial charge in [-0.15, -0.1) is 0 Å². The molecule has 1 amide bonds. The van der Waals surface area contributed by atoms with Crippen molar-refractivity contribution in [1.82, 2.24) is 4.90 Å². The van der Waals surface area contributed by atoms with Crippen LogP contribution in [0.1, 0.15) is 132 Å². The molecule has 0 aromatic rings. The van der Waals surface area contributed by atoms with Crippen LogP contribution in [-0.4, -0.2) is 130 Å². The monoisotopic (exact) mass is 916 g/mol. The topological polar surface area (TPSA) is 206 Å². The van der Waals surface area contributed by atoms with Crippen molar-refractivity contribution in [3.63, 3.8) is 0 Å². The predicted molar refractivity (Wildman–Crippen MR) is 247 cm³/mol. The summed E-state index contributed by atoms with van der Waals surface area (Å²) in [6.45, 7) is 14.7. The lowest BCUT2D eigenvalue weighted by atomic mass is 9.78. The SMILES string of the molecule is CC[C@H](O)/C(C)=C/C=C/C=C/[C@@H](C)C[C@@H](C)C(=O)[C@H](OC)[C@H](O)/C(C)=C/[C@@H](C)C(=O)C[C@H](OC(=O)[C@@H]1CCCCN1C(=O)C(=O)[C@]1(O)OCCC[C@H]1C)[C@H](C)C[C@@H]1CC[C@@H](O)[C@H](OC)C1. The molecule has 3 aliphatic rings. The van der Waals surface area contributed by atoms with Gasteiger partial charge in [-0.2, -0.15) is 0 Å². The first-order chi connectivity index (χ1) is 30.7. The Labute approximate surface area is 387 Å². The number of aliphatic hydroxyl groups excluding tert-OH is 3. The van der Waals surface area contributed by atoms with Crippen LogP contribution in [0.2, 0.25) is 0 Å². The minimum Gasteiger partial charge on any atom is -0.460 e. The molecule has 0 unspecified atom stereocenters. The molecule has 0 radical (unpaired) electrons. The Balaban J connectivity index is 1.76. The van der Waals surface area contributed by atoms with Crippen LogP contribution < -0.4 is 0 Å². The van der Waals surface area contributed by atoms with Gasteiger partial charge in [0.15, 0.2) is 5.78 Å². The molecule has 2 aliphatic heterocycles. The normalized spacial score (nSPS) is 28.5. The number of ether oxygens (including phenoxy) is 4. The number of likely N-dealkylation sites (tertiary alicyclic amines) is 1. The first-order valence-corrected chi connectivity index (χ1v) is 24.0. The maximum absolute atomic E-state index is 14.2. The predicted octanol–water partition coefficient (Wildman–Crippen LogP) is 6.16. The fraction of sp³-hybridized carbons (Fsp3) is 0.745. The number of Topliss-reactive ketones (excluding diaryl/α,β-unsaturated/α-hetero) is 3. The van der Waals surface area contributed by atoms with Crippen molar-refractivity contribution < 1.29 is 63.3 Å². The maximum atomic E-state index is 14.2. The Morgan fingerprint density at radius 2 is 1.63 bits per heavy atom. The summed E-state index contributed by atoms with van der Waals surface area (Å²) >= 11 is 0. The quantitative estimate of drug-likeness (QED) is 0.0371. The highest BCUT2D eigenvalue weighted by atomic mass is 16.6. The number of piperidine rings is 1. The number of allylic oxidation sites excluding steroid dienone is 6. The number of ketones is 3. The van der Waals surface area contributed by atoms with Gasteiger partial charge in [0.25, 0.3) is 11.7 Å². The molecule has 3 fully saturated rings. The number of esters is 1. The zero-order valence-electron chi connectivity index (χ0n) is 40.8. The van der Waals surface area contributed by atoms with E-state index < -0.39 is 77.8 Å². The van der Waals surface area contributed by atoms with E-state index in [-0.39, 0.29) is 61.4 Å². The van der Waals surface area contributed by atoms with Gasteiger partial charge in [-0.05, 0) is 113 Å². The second-order valence-electron chi connectivity index (χ2n) is 19.2. The van der Waals surface area contributed by atoms with Crippen molar-refractivity contribution >= 4 is 29.2 Å². The Hall–Kier alpha value is -3.37. The van der Waals surface area contributed by atoms with Crippen LogP contribution in [0, 0.1) is 35.5 Å². The van der Waals surface area contributed by atoms with E-state index in [9.17, 15) is 44.4 Å². The molecule has 2 saturated heterocycles. The highest BCUT2D eigenvalue weighted by molar-refractivity contribution is 6.39. The number of carbonyl (C=O) groups is 5. The van der Waals surface area contributed by atoms with Gasteiger partial charge in [0, 0.05) is 44.9 Å². The smallest absolute Gasteiger partial charge is 0.329 e. The summed E-state index contributed by atoms with van der Waals surface area (Å²) in [7, 11) is 2.93. The molecular weight excluding hydrogens is 835 g/mol. The second-order valence-corrected chi connectivity index (χ2v) is 19.2. The zero-order valence-corrected chi connectivity index (χ0v) is 40.8. The first-order valence-electron chi connectivity index (χ1n) is 24.0. The molecule has 368 valence electrons.